The molecule has 5 N–H and O–H groups in total. The molecule has 1 unspecified atom stereocenters. The molecule has 7 nitrogen and oxygen atoms in total. The number of hydrogen-bond acceptors (Lipinski definition) is 5. The van der Waals surface area contributed by atoms with Crippen LogP contribution in [-0.2, 0) is 9.53 Å². The molecule has 2 aromatic rings. The van der Waals surface area contributed by atoms with Gasteiger partial charge in [0.05, 0.1) is 12.4 Å². The summed E-state index contributed by atoms with van der Waals surface area (Å²) >= 11 is 0. The molecule has 25 heavy (non-hydrogen) atoms. The van der Waals surface area contributed by atoms with E-state index in [-0.39, 0.29) is 12.3 Å². The SMILES string of the molecule is COCCOc1cc(C(CC(N)=O)C(=N)N)ccc1-c1cccnc1. The topological polar surface area (TPSA) is 124 Å². The molecule has 0 saturated heterocycles. The Bertz CT molecular complexity index is 734. The van der Waals surface area contributed by atoms with Crippen molar-refractivity contribution in [3.8, 4) is 16.9 Å². The maximum Gasteiger partial charge on any atom is 0.218 e. The molecule has 1 amide bonds. The van der Waals surface area contributed by atoms with Gasteiger partial charge in [0, 0.05) is 43.0 Å². The molecule has 0 aliphatic carbocycles. The largest absolute Gasteiger partial charge is 0.491 e. The van der Waals surface area contributed by atoms with E-state index in [1.807, 2.05) is 24.3 Å². The van der Waals surface area contributed by atoms with E-state index in [2.05, 4.69) is 4.98 Å². The van der Waals surface area contributed by atoms with Gasteiger partial charge < -0.3 is 20.9 Å². The van der Waals surface area contributed by atoms with Crippen LogP contribution >= 0.6 is 0 Å². The van der Waals surface area contributed by atoms with Gasteiger partial charge >= 0.3 is 0 Å². The second-order valence-corrected chi connectivity index (χ2v) is 5.52. The molecule has 0 bridgehead atoms. The van der Waals surface area contributed by atoms with Crippen molar-refractivity contribution in [2.75, 3.05) is 20.3 Å². The summed E-state index contributed by atoms with van der Waals surface area (Å²) in [6.45, 7) is 0.807. The zero-order chi connectivity index (χ0) is 18.2. The number of nitrogens with two attached hydrogens (primary N) is 2. The number of aromatic nitrogens is 1. The number of nitrogens with one attached hydrogen (secondary N) is 1. The Balaban J connectivity index is 2.42. The molecule has 0 fully saturated rings. The van der Waals surface area contributed by atoms with Crippen molar-refractivity contribution < 1.29 is 14.3 Å². The zero-order valence-electron chi connectivity index (χ0n) is 14.1. The highest BCUT2D eigenvalue weighted by molar-refractivity contribution is 5.90. The first kappa shape index (κ1) is 18.4. The Morgan fingerprint density at radius 3 is 2.68 bits per heavy atom. The van der Waals surface area contributed by atoms with E-state index < -0.39 is 11.8 Å². The van der Waals surface area contributed by atoms with Crippen molar-refractivity contribution in [1.29, 1.82) is 5.41 Å². The third-order valence-corrected chi connectivity index (χ3v) is 3.71. The van der Waals surface area contributed by atoms with Crippen LogP contribution in [0, 0.1) is 5.41 Å². The Morgan fingerprint density at radius 1 is 1.28 bits per heavy atom. The molecule has 0 aliphatic rings. The number of carbonyl (C=O) groups is 1. The molecular formula is C18H22N4O3. The average Bonchev–Trinajstić information content (AvgIpc) is 2.60. The fourth-order valence-corrected chi connectivity index (χ4v) is 2.48. The van der Waals surface area contributed by atoms with Crippen LogP contribution in [0.1, 0.15) is 17.9 Å². The zero-order valence-corrected chi connectivity index (χ0v) is 14.1. The summed E-state index contributed by atoms with van der Waals surface area (Å²) in [7, 11) is 1.60. The third-order valence-electron chi connectivity index (χ3n) is 3.71. The van der Waals surface area contributed by atoms with Crippen LogP contribution in [0.5, 0.6) is 5.75 Å². The fraction of sp³-hybridized carbons (Fsp3) is 0.278. The van der Waals surface area contributed by atoms with Crippen LogP contribution < -0.4 is 16.2 Å². The molecule has 0 spiro atoms. The molecule has 1 aromatic carbocycles. The predicted octanol–water partition coefficient (Wildman–Crippen LogP) is 1.67. The maximum absolute atomic E-state index is 11.3. The summed E-state index contributed by atoms with van der Waals surface area (Å²) in [4.78, 5) is 15.4. The number of benzene rings is 1. The lowest BCUT2D eigenvalue weighted by Crippen LogP contribution is -2.26. The standard InChI is InChI=1S/C18H22N4O3/c1-24-7-8-25-16-9-12(15(18(20)21)10-17(19)23)4-5-14(16)13-3-2-6-22-11-13/h2-6,9,11,15H,7-8,10H2,1H3,(H2,19,23)(H3,20,21). The highest BCUT2D eigenvalue weighted by atomic mass is 16.5. The smallest absolute Gasteiger partial charge is 0.218 e. The predicted molar refractivity (Wildman–Crippen MR) is 95.5 cm³/mol. The highest BCUT2D eigenvalue weighted by Gasteiger charge is 2.20. The summed E-state index contributed by atoms with van der Waals surface area (Å²) in [5.74, 6) is -0.599. The number of carbonyl (C=O) groups excluding carboxylic acids is 1. The number of amidine groups is 1. The van der Waals surface area contributed by atoms with Crippen molar-refractivity contribution in [2.45, 2.75) is 12.3 Å². The number of ether oxygens (including phenoxy) is 2. The Hall–Kier alpha value is -2.93. The van der Waals surface area contributed by atoms with Crippen molar-refractivity contribution in [3.63, 3.8) is 0 Å². The minimum absolute atomic E-state index is 0.0287. The second-order valence-electron chi connectivity index (χ2n) is 5.52. The van der Waals surface area contributed by atoms with Gasteiger partial charge in [-0.15, -0.1) is 0 Å². The van der Waals surface area contributed by atoms with Gasteiger partial charge in [0.2, 0.25) is 5.91 Å². The molecule has 1 aromatic heterocycles. The quantitative estimate of drug-likeness (QED) is 0.363. The first-order valence-corrected chi connectivity index (χ1v) is 7.81. The molecule has 7 heteroatoms. The monoisotopic (exact) mass is 342 g/mol. The summed E-state index contributed by atoms with van der Waals surface area (Å²) < 4.78 is 10.9. The molecule has 1 heterocycles. The Labute approximate surface area is 146 Å². The number of hydrogen-bond donors (Lipinski definition) is 3. The van der Waals surface area contributed by atoms with Crippen LogP contribution in [0.2, 0.25) is 0 Å². The van der Waals surface area contributed by atoms with E-state index in [4.69, 9.17) is 26.4 Å². The van der Waals surface area contributed by atoms with Gasteiger partial charge in [-0.05, 0) is 17.7 Å². The van der Waals surface area contributed by atoms with E-state index >= 15 is 0 Å². The molecular weight excluding hydrogens is 320 g/mol. The van der Waals surface area contributed by atoms with E-state index in [1.165, 1.54) is 0 Å². The normalized spacial score (nSPS) is 11.7. The molecule has 1 atom stereocenters. The van der Waals surface area contributed by atoms with E-state index in [1.54, 1.807) is 25.6 Å². The number of amides is 1. The number of nitrogens with zero attached hydrogens (tertiary/aromatic N) is 1. The molecule has 0 radical (unpaired) electrons. The summed E-state index contributed by atoms with van der Waals surface area (Å²) in [5.41, 5.74) is 13.4. The molecule has 0 aliphatic heterocycles. The van der Waals surface area contributed by atoms with Gasteiger partial charge in [-0.2, -0.15) is 0 Å². The van der Waals surface area contributed by atoms with E-state index in [9.17, 15) is 4.79 Å². The van der Waals surface area contributed by atoms with Crippen molar-refractivity contribution in [3.05, 3.63) is 48.3 Å². The Kier molecular flexibility index (Phi) is 6.47. The van der Waals surface area contributed by atoms with Gasteiger partial charge in [-0.25, -0.2) is 0 Å². The van der Waals surface area contributed by atoms with Gasteiger partial charge in [-0.3, -0.25) is 15.2 Å². The van der Waals surface area contributed by atoms with E-state index in [0.29, 0.717) is 24.5 Å². The van der Waals surface area contributed by atoms with Gasteiger partial charge in [-0.1, -0.05) is 18.2 Å². The van der Waals surface area contributed by atoms with E-state index in [0.717, 1.165) is 11.1 Å². The van der Waals surface area contributed by atoms with Crippen LogP contribution in [0.15, 0.2) is 42.7 Å². The van der Waals surface area contributed by atoms with Crippen molar-refractivity contribution in [1.82, 2.24) is 4.98 Å². The number of primary amides is 1. The van der Waals surface area contributed by atoms with Crippen LogP contribution in [0.25, 0.3) is 11.1 Å². The number of methoxy groups -OCH3 is 1. The van der Waals surface area contributed by atoms with Crippen molar-refractivity contribution >= 4 is 11.7 Å². The molecule has 0 saturated carbocycles. The average molecular weight is 342 g/mol. The number of rotatable bonds is 9. The lowest BCUT2D eigenvalue weighted by Gasteiger charge is -2.18. The molecule has 2 rings (SSSR count). The lowest BCUT2D eigenvalue weighted by atomic mass is 9.92. The first-order chi connectivity index (χ1) is 12.0. The van der Waals surface area contributed by atoms with Crippen LogP contribution in [-0.4, -0.2) is 37.1 Å². The minimum Gasteiger partial charge on any atom is -0.491 e. The number of pyridine rings is 1. The summed E-state index contributed by atoms with van der Waals surface area (Å²) in [6, 6.07) is 9.24. The third kappa shape index (κ3) is 5.02. The highest BCUT2D eigenvalue weighted by Crippen LogP contribution is 2.33. The van der Waals surface area contributed by atoms with Crippen molar-refractivity contribution in [2.24, 2.45) is 11.5 Å². The fourth-order valence-electron chi connectivity index (χ4n) is 2.48. The molecule has 132 valence electrons. The second kappa shape index (κ2) is 8.79. The first-order valence-electron chi connectivity index (χ1n) is 7.81. The maximum atomic E-state index is 11.3. The lowest BCUT2D eigenvalue weighted by molar-refractivity contribution is -0.118. The van der Waals surface area contributed by atoms with Gasteiger partial charge in [0.15, 0.2) is 0 Å². The van der Waals surface area contributed by atoms with Crippen LogP contribution in [0.4, 0.5) is 0 Å². The Morgan fingerprint density at radius 2 is 2.08 bits per heavy atom. The van der Waals surface area contributed by atoms with Gasteiger partial charge in [0.1, 0.15) is 12.4 Å². The van der Waals surface area contributed by atoms with Crippen LogP contribution in [0.3, 0.4) is 0 Å². The van der Waals surface area contributed by atoms with Gasteiger partial charge in [0.25, 0.3) is 0 Å². The summed E-state index contributed by atoms with van der Waals surface area (Å²) in [6.07, 6.45) is 3.41. The minimum atomic E-state index is -0.578. The summed E-state index contributed by atoms with van der Waals surface area (Å²) in [5, 5.41) is 7.74.